The van der Waals surface area contributed by atoms with E-state index in [1.165, 1.54) is 0 Å². The van der Waals surface area contributed by atoms with Crippen molar-refractivity contribution in [2.24, 2.45) is 5.92 Å². The van der Waals surface area contributed by atoms with Crippen molar-refractivity contribution < 1.29 is 14.6 Å². The van der Waals surface area contributed by atoms with Crippen LogP contribution in [0.2, 0.25) is 0 Å². The molecule has 0 aliphatic carbocycles. The van der Waals surface area contributed by atoms with E-state index in [2.05, 4.69) is 0 Å². The summed E-state index contributed by atoms with van der Waals surface area (Å²) >= 11 is 0. The third-order valence-electron chi connectivity index (χ3n) is 1.92. The first kappa shape index (κ1) is 7.54. The van der Waals surface area contributed by atoms with Crippen LogP contribution >= 0.6 is 0 Å². The summed E-state index contributed by atoms with van der Waals surface area (Å²) in [5, 5.41) is 8.62. The Morgan fingerprint density at radius 2 is 2.20 bits per heavy atom. The highest BCUT2D eigenvalue weighted by Gasteiger charge is 2.34. The standard InChI is InChI=1S/C7H12O3/c1-4-3-6(7(8)9)5(2)10-4/h4-6H,3H2,1-2H3,(H,8,9). The van der Waals surface area contributed by atoms with Gasteiger partial charge in [0.2, 0.25) is 0 Å². The molecular weight excluding hydrogens is 132 g/mol. The lowest BCUT2D eigenvalue weighted by molar-refractivity contribution is -0.143. The van der Waals surface area contributed by atoms with Crippen LogP contribution in [0.15, 0.2) is 0 Å². The van der Waals surface area contributed by atoms with Gasteiger partial charge < -0.3 is 9.84 Å². The number of rotatable bonds is 1. The average Bonchev–Trinajstić information content (AvgIpc) is 2.10. The van der Waals surface area contributed by atoms with Crippen LogP contribution in [0.3, 0.4) is 0 Å². The molecule has 0 aromatic heterocycles. The molecule has 1 rings (SSSR count). The maximum absolute atomic E-state index is 10.5. The van der Waals surface area contributed by atoms with Crippen molar-refractivity contribution in [2.75, 3.05) is 0 Å². The van der Waals surface area contributed by atoms with Crippen LogP contribution in [-0.4, -0.2) is 23.3 Å². The van der Waals surface area contributed by atoms with Gasteiger partial charge in [0.25, 0.3) is 0 Å². The number of carboxylic acid groups (broad SMARTS) is 1. The fourth-order valence-electron chi connectivity index (χ4n) is 1.37. The summed E-state index contributed by atoms with van der Waals surface area (Å²) in [4.78, 5) is 10.5. The molecule has 1 aliphatic heterocycles. The summed E-state index contributed by atoms with van der Waals surface area (Å²) in [5.41, 5.74) is 0. The van der Waals surface area contributed by atoms with Gasteiger partial charge in [-0.25, -0.2) is 0 Å². The second-order valence-corrected chi connectivity index (χ2v) is 2.83. The van der Waals surface area contributed by atoms with Gasteiger partial charge >= 0.3 is 5.97 Å². The van der Waals surface area contributed by atoms with Gasteiger partial charge in [-0.2, -0.15) is 0 Å². The van der Waals surface area contributed by atoms with Crippen LogP contribution in [0.4, 0.5) is 0 Å². The highest BCUT2D eigenvalue weighted by molar-refractivity contribution is 5.71. The normalized spacial score (nSPS) is 40.0. The van der Waals surface area contributed by atoms with Crippen LogP contribution in [0.25, 0.3) is 0 Å². The molecule has 1 saturated heterocycles. The molecule has 0 saturated carbocycles. The van der Waals surface area contributed by atoms with Crippen molar-refractivity contribution in [3.63, 3.8) is 0 Å². The van der Waals surface area contributed by atoms with E-state index in [-0.39, 0.29) is 18.1 Å². The van der Waals surface area contributed by atoms with Crippen molar-refractivity contribution in [3.8, 4) is 0 Å². The molecule has 58 valence electrons. The lowest BCUT2D eigenvalue weighted by Gasteiger charge is -2.06. The Kier molecular flexibility index (Phi) is 1.94. The van der Waals surface area contributed by atoms with Gasteiger partial charge in [0.15, 0.2) is 0 Å². The Balaban J connectivity index is 2.54. The van der Waals surface area contributed by atoms with Crippen LogP contribution < -0.4 is 0 Å². The third-order valence-corrected chi connectivity index (χ3v) is 1.92. The van der Waals surface area contributed by atoms with Crippen LogP contribution in [0.1, 0.15) is 20.3 Å². The molecule has 0 spiro atoms. The minimum Gasteiger partial charge on any atom is -0.481 e. The quantitative estimate of drug-likeness (QED) is 0.594. The summed E-state index contributed by atoms with van der Waals surface area (Å²) in [6.45, 7) is 3.71. The number of carboxylic acids is 1. The fraction of sp³-hybridized carbons (Fsp3) is 0.857. The minimum absolute atomic E-state index is 0.107. The van der Waals surface area contributed by atoms with Crippen molar-refractivity contribution in [1.29, 1.82) is 0 Å². The molecule has 0 bridgehead atoms. The zero-order chi connectivity index (χ0) is 7.72. The van der Waals surface area contributed by atoms with Gasteiger partial charge in [0.05, 0.1) is 18.1 Å². The first-order valence-corrected chi connectivity index (χ1v) is 3.49. The Labute approximate surface area is 60.0 Å². The van der Waals surface area contributed by atoms with E-state index in [4.69, 9.17) is 9.84 Å². The van der Waals surface area contributed by atoms with E-state index < -0.39 is 5.97 Å². The van der Waals surface area contributed by atoms with Gasteiger partial charge in [-0.3, -0.25) is 4.79 Å². The maximum atomic E-state index is 10.5. The Bertz CT molecular complexity index is 144. The predicted octanol–water partition coefficient (Wildman–Crippen LogP) is 0.884. The van der Waals surface area contributed by atoms with Crippen molar-refractivity contribution in [1.82, 2.24) is 0 Å². The molecule has 1 N–H and O–H groups in total. The van der Waals surface area contributed by atoms with E-state index >= 15 is 0 Å². The molecule has 3 nitrogen and oxygen atoms in total. The Morgan fingerprint density at radius 3 is 2.40 bits per heavy atom. The van der Waals surface area contributed by atoms with Crippen molar-refractivity contribution >= 4 is 5.97 Å². The van der Waals surface area contributed by atoms with Gasteiger partial charge in [-0.15, -0.1) is 0 Å². The minimum atomic E-state index is -0.739. The molecule has 0 amide bonds. The molecule has 3 unspecified atom stereocenters. The number of hydrogen-bond donors (Lipinski definition) is 1. The molecule has 3 heteroatoms. The number of ether oxygens (including phenoxy) is 1. The zero-order valence-corrected chi connectivity index (χ0v) is 6.20. The molecule has 0 radical (unpaired) electrons. The SMILES string of the molecule is CC1CC(C(=O)O)C(C)O1. The number of carbonyl (C=O) groups is 1. The fourth-order valence-corrected chi connectivity index (χ4v) is 1.37. The van der Waals surface area contributed by atoms with Crippen molar-refractivity contribution in [3.05, 3.63) is 0 Å². The molecule has 1 heterocycles. The van der Waals surface area contributed by atoms with E-state index in [1.807, 2.05) is 13.8 Å². The van der Waals surface area contributed by atoms with E-state index in [9.17, 15) is 4.79 Å². The second-order valence-electron chi connectivity index (χ2n) is 2.83. The second kappa shape index (κ2) is 2.58. The summed E-state index contributed by atoms with van der Waals surface area (Å²) in [7, 11) is 0. The topological polar surface area (TPSA) is 46.5 Å². The predicted molar refractivity (Wildman–Crippen MR) is 35.8 cm³/mol. The molecule has 1 fully saturated rings. The lowest BCUT2D eigenvalue weighted by atomic mass is 10.0. The van der Waals surface area contributed by atoms with E-state index in [1.54, 1.807) is 0 Å². The molecular formula is C7H12O3. The number of hydrogen-bond acceptors (Lipinski definition) is 2. The Hall–Kier alpha value is -0.570. The Morgan fingerprint density at radius 1 is 1.60 bits per heavy atom. The van der Waals surface area contributed by atoms with Crippen LogP contribution in [0.5, 0.6) is 0 Å². The summed E-state index contributed by atoms with van der Waals surface area (Å²) in [6, 6.07) is 0. The molecule has 3 atom stereocenters. The summed E-state index contributed by atoms with van der Waals surface area (Å²) < 4.78 is 5.25. The monoisotopic (exact) mass is 144 g/mol. The summed E-state index contributed by atoms with van der Waals surface area (Å²) in [5.74, 6) is -1.04. The van der Waals surface area contributed by atoms with Crippen molar-refractivity contribution in [2.45, 2.75) is 32.5 Å². The largest absolute Gasteiger partial charge is 0.481 e. The molecule has 10 heavy (non-hydrogen) atoms. The van der Waals surface area contributed by atoms with Gasteiger partial charge in [0, 0.05) is 0 Å². The van der Waals surface area contributed by atoms with Gasteiger partial charge in [0.1, 0.15) is 0 Å². The van der Waals surface area contributed by atoms with Gasteiger partial charge in [-0.1, -0.05) is 0 Å². The highest BCUT2D eigenvalue weighted by Crippen LogP contribution is 2.25. The average molecular weight is 144 g/mol. The molecule has 1 aliphatic rings. The first-order chi connectivity index (χ1) is 4.61. The lowest BCUT2D eigenvalue weighted by Crippen LogP contribution is -2.20. The third kappa shape index (κ3) is 1.29. The number of aliphatic carboxylic acids is 1. The van der Waals surface area contributed by atoms with E-state index in [0.717, 1.165) is 0 Å². The van der Waals surface area contributed by atoms with Crippen LogP contribution in [-0.2, 0) is 9.53 Å². The molecule has 0 aromatic rings. The maximum Gasteiger partial charge on any atom is 0.309 e. The zero-order valence-electron chi connectivity index (χ0n) is 6.20. The molecule has 0 aromatic carbocycles. The van der Waals surface area contributed by atoms with E-state index in [0.29, 0.717) is 6.42 Å². The first-order valence-electron chi connectivity index (χ1n) is 3.49. The smallest absolute Gasteiger partial charge is 0.309 e. The van der Waals surface area contributed by atoms with Gasteiger partial charge in [-0.05, 0) is 20.3 Å². The highest BCUT2D eigenvalue weighted by atomic mass is 16.5. The van der Waals surface area contributed by atoms with Crippen LogP contribution in [0, 0.1) is 5.92 Å². The summed E-state index contributed by atoms with van der Waals surface area (Å²) in [6.07, 6.45) is 0.639.